The molecule has 0 saturated heterocycles. The van der Waals surface area contributed by atoms with Gasteiger partial charge in [-0.15, -0.1) is 0 Å². The standard InChI is InChI=1S/C6H18F3N6P3/c1-13(2)16(7)10-17(8,14(3)4)12-18(9,11-16)15(5)6/h1-6H3. The van der Waals surface area contributed by atoms with E-state index in [1.807, 2.05) is 0 Å². The third kappa shape index (κ3) is 2.92. The van der Waals surface area contributed by atoms with E-state index >= 15 is 0 Å². The topological polar surface area (TPSA) is 46.8 Å². The SMILES string of the molecule is CN(C)P1(F)=NP(F)(N(C)C)=NP(F)(N(C)C)=N1. The molecule has 0 spiro atoms. The zero-order chi connectivity index (χ0) is 14.4. The highest BCUT2D eigenvalue weighted by Gasteiger charge is 2.41. The van der Waals surface area contributed by atoms with Crippen LogP contribution in [0, 0.1) is 0 Å². The van der Waals surface area contributed by atoms with Crippen molar-refractivity contribution in [1.82, 2.24) is 14.0 Å². The largest absolute Gasteiger partial charge is 0.323 e. The summed E-state index contributed by atoms with van der Waals surface area (Å²) in [6, 6.07) is 0. The average Bonchev–Trinajstić information content (AvgIpc) is 2.14. The molecule has 1 rings (SSSR count). The predicted molar refractivity (Wildman–Crippen MR) is 72.4 cm³/mol. The smallest absolute Gasteiger partial charge is 0.232 e. The third-order valence-electron chi connectivity index (χ3n) is 2.21. The van der Waals surface area contributed by atoms with Crippen LogP contribution in [0.3, 0.4) is 0 Å². The van der Waals surface area contributed by atoms with Gasteiger partial charge in [-0.05, 0) is 42.3 Å². The Morgan fingerprint density at radius 1 is 0.556 bits per heavy atom. The molecule has 0 saturated carbocycles. The monoisotopic (exact) mass is 324 g/mol. The maximum absolute atomic E-state index is 14.6. The number of hydrogen-bond acceptors (Lipinski definition) is 6. The Labute approximate surface area is 106 Å². The fourth-order valence-corrected chi connectivity index (χ4v) is 9.68. The van der Waals surface area contributed by atoms with E-state index in [0.717, 1.165) is 14.0 Å². The van der Waals surface area contributed by atoms with E-state index in [-0.39, 0.29) is 0 Å². The molecule has 108 valence electrons. The van der Waals surface area contributed by atoms with Gasteiger partial charge in [0.05, 0.1) is 0 Å². The van der Waals surface area contributed by atoms with Crippen LogP contribution in [0.25, 0.3) is 0 Å². The molecule has 0 unspecified atom stereocenters. The number of nitrogens with zero attached hydrogens (tertiary/aromatic N) is 6. The number of rotatable bonds is 3. The first-order chi connectivity index (χ1) is 7.95. The third-order valence-corrected chi connectivity index (χ3v) is 10.7. The van der Waals surface area contributed by atoms with Gasteiger partial charge < -0.3 is 0 Å². The molecule has 0 atom stereocenters. The Hall–Kier alpha value is 0.360. The van der Waals surface area contributed by atoms with Crippen molar-refractivity contribution in [2.24, 2.45) is 13.5 Å². The lowest BCUT2D eigenvalue weighted by molar-refractivity contribution is 0.577. The van der Waals surface area contributed by atoms with E-state index < -0.39 is 23.0 Å². The second kappa shape index (κ2) is 5.04. The van der Waals surface area contributed by atoms with E-state index in [0.29, 0.717) is 0 Å². The molecular formula is C6H18F3N6P3. The molecule has 1 aliphatic rings. The van der Waals surface area contributed by atoms with Crippen molar-refractivity contribution in [2.75, 3.05) is 42.3 Å². The van der Waals surface area contributed by atoms with Gasteiger partial charge in [-0.2, -0.15) is 26.1 Å². The molecule has 18 heavy (non-hydrogen) atoms. The van der Waals surface area contributed by atoms with Crippen molar-refractivity contribution < 1.29 is 12.6 Å². The summed E-state index contributed by atoms with van der Waals surface area (Å²) in [4.78, 5) is 0. The first-order valence-corrected chi connectivity index (χ1v) is 9.60. The molecule has 1 heterocycles. The zero-order valence-corrected chi connectivity index (χ0v) is 13.8. The van der Waals surface area contributed by atoms with E-state index in [1.165, 1.54) is 42.3 Å². The normalized spacial score (nSPS) is 40.7. The van der Waals surface area contributed by atoms with Crippen LogP contribution in [0.2, 0.25) is 0 Å². The van der Waals surface area contributed by atoms with Gasteiger partial charge in [0.1, 0.15) is 0 Å². The zero-order valence-electron chi connectivity index (χ0n) is 11.2. The van der Waals surface area contributed by atoms with E-state index in [9.17, 15) is 12.6 Å². The van der Waals surface area contributed by atoms with E-state index in [4.69, 9.17) is 0 Å². The molecule has 0 aromatic heterocycles. The Kier molecular flexibility index (Phi) is 4.60. The molecule has 12 heteroatoms. The minimum Gasteiger partial charge on any atom is -0.232 e. The fourth-order valence-electron chi connectivity index (χ4n) is 0.968. The summed E-state index contributed by atoms with van der Waals surface area (Å²) < 4.78 is 57.3. The van der Waals surface area contributed by atoms with Crippen molar-refractivity contribution in [1.29, 1.82) is 0 Å². The van der Waals surface area contributed by atoms with Gasteiger partial charge in [0, 0.05) is 0 Å². The van der Waals surface area contributed by atoms with E-state index in [1.54, 1.807) is 0 Å². The Morgan fingerprint density at radius 2 is 0.722 bits per heavy atom. The van der Waals surface area contributed by atoms with E-state index in [2.05, 4.69) is 13.5 Å². The van der Waals surface area contributed by atoms with Crippen molar-refractivity contribution in [3.8, 4) is 0 Å². The summed E-state index contributed by atoms with van der Waals surface area (Å²) in [7, 11) is -3.89. The summed E-state index contributed by atoms with van der Waals surface area (Å²) in [6.07, 6.45) is 0. The predicted octanol–water partition coefficient (Wildman–Crippen LogP) is 4.43. The van der Waals surface area contributed by atoms with Gasteiger partial charge in [0.15, 0.2) is 0 Å². The molecule has 0 aromatic rings. The summed E-state index contributed by atoms with van der Waals surface area (Å²) >= 11 is 0. The van der Waals surface area contributed by atoms with Gasteiger partial charge >= 0.3 is 23.0 Å². The highest BCUT2D eigenvalue weighted by atomic mass is 31.3. The van der Waals surface area contributed by atoms with Gasteiger partial charge in [0.2, 0.25) is 0 Å². The Bertz CT molecular complexity index is 411. The summed E-state index contributed by atoms with van der Waals surface area (Å²) in [6.45, 7) is 0. The summed E-state index contributed by atoms with van der Waals surface area (Å²) in [5.41, 5.74) is 0. The molecular weight excluding hydrogens is 306 g/mol. The van der Waals surface area contributed by atoms with Crippen LogP contribution < -0.4 is 0 Å². The van der Waals surface area contributed by atoms with Gasteiger partial charge in [0.25, 0.3) is 0 Å². The van der Waals surface area contributed by atoms with Crippen LogP contribution in [-0.2, 0) is 0 Å². The first-order valence-electron chi connectivity index (χ1n) is 4.99. The van der Waals surface area contributed by atoms with Crippen molar-refractivity contribution in [2.45, 2.75) is 0 Å². The second-order valence-corrected chi connectivity index (χ2v) is 11.8. The molecule has 0 aliphatic carbocycles. The quantitative estimate of drug-likeness (QED) is 0.722. The first kappa shape index (κ1) is 16.4. The maximum atomic E-state index is 14.6. The van der Waals surface area contributed by atoms with Crippen LogP contribution in [0.4, 0.5) is 12.6 Å². The van der Waals surface area contributed by atoms with Crippen LogP contribution >= 0.6 is 23.0 Å². The van der Waals surface area contributed by atoms with Gasteiger partial charge in [-0.3, -0.25) is 0 Å². The minimum atomic E-state index is -4.03. The molecule has 0 aromatic carbocycles. The van der Waals surface area contributed by atoms with Gasteiger partial charge in [-0.25, -0.2) is 14.0 Å². The van der Waals surface area contributed by atoms with Crippen LogP contribution in [0.1, 0.15) is 0 Å². The lowest BCUT2D eigenvalue weighted by atomic mass is 11.3. The summed E-state index contributed by atoms with van der Waals surface area (Å²) in [5.74, 6) is 0. The lowest BCUT2D eigenvalue weighted by Gasteiger charge is -2.31. The van der Waals surface area contributed by atoms with Crippen LogP contribution in [0.5, 0.6) is 0 Å². The lowest BCUT2D eigenvalue weighted by Crippen LogP contribution is -2.12. The molecule has 1 aliphatic heterocycles. The highest BCUT2D eigenvalue weighted by Crippen LogP contribution is 2.81. The number of hydrogen-bond donors (Lipinski definition) is 0. The average molecular weight is 324 g/mol. The Morgan fingerprint density at radius 3 is 0.833 bits per heavy atom. The molecule has 0 N–H and O–H groups in total. The minimum absolute atomic E-state index is 1.04. The van der Waals surface area contributed by atoms with Crippen LogP contribution in [-0.4, -0.2) is 56.3 Å². The summed E-state index contributed by atoms with van der Waals surface area (Å²) in [5, 5.41) is 0. The second-order valence-electron chi connectivity index (χ2n) is 4.30. The van der Waals surface area contributed by atoms with Gasteiger partial charge in [-0.1, -0.05) is 0 Å². The molecule has 0 radical (unpaired) electrons. The molecule has 0 bridgehead atoms. The van der Waals surface area contributed by atoms with Crippen LogP contribution in [0.15, 0.2) is 13.5 Å². The molecule has 6 nitrogen and oxygen atoms in total. The molecule has 0 amide bonds. The molecule has 0 fully saturated rings. The Balaban J connectivity index is 3.66. The van der Waals surface area contributed by atoms with Crippen molar-refractivity contribution >= 4 is 23.0 Å². The van der Waals surface area contributed by atoms with Crippen molar-refractivity contribution in [3.05, 3.63) is 0 Å². The maximum Gasteiger partial charge on any atom is 0.323 e. The fraction of sp³-hybridized carbons (Fsp3) is 1.00. The van der Waals surface area contributed by atoms with Crippen molar-refractivity contribution in [3.63, 3.8) is 0 Å². The highest BCUT2D eigenvalue weighted by molar-refractivity contribution is 7.80. The number of halogens is 3.